The molecular formula is C3H8N2S. The van der Waals surface area contributed by atoms with E-state index in [1.807, 2.05) is 0 Å². The first-order chi connectivity index (χ1) is 2.91. The average molecular weight is 104 g/mol. The molecule has 2 N–H and O–H groups in total. The van der Waals surface area contributed by atoms with Gasteiger partial charge >= 0.3 is 0 Å². The van der Waals surface area contributed by atoms with Crippen molar-refractivity contribution in [3.8, 4) is 0 Å². The number of nitrogens with zero attached hydrogens (tertiary/aromatic N) is 1. The summed E-state index contributed by atoms with van der Waals surface area (Å²) in [4.78, 5) is 3.67. The third-order valence-corrected chi connectivity index (χ3v) is 0.535. The normalized spacial score (nSPS) is 10.2. The minimum Gasteiger partial charge on any atom is -0.390 e. The zero-order chi connectivity index (χ0) is 4.83. The second kappa shape index (κ2) is 4.82. The molecule has 0 atom stereocenters. The molecule has 0 aliphatic carbocycles. The number of thiol groups is 1. The second-order valence-electron chi connectivity index (χ2n) is 0.779. The van der Waals surface area contributed by atoms with Crippen molar-refractivity contribution >= 4 is 19.0 Å². The van der Waals surface area contributed by atoms with Gasteiger partial charge in [0.25, 0.3) is 0 Å². The van der Waals surface area contributed by atoms with Crippen LogP contribution in [-0.2, 0) is 0 Å². The van der Waals surface area contributed by atoms with E-state index in [0.717, 1.165) is 12.3 Å². The van der Waals surface area contributed by atoms with Crippen LogP contribution in [0.25, 0.3) is 0 Å². The molecule has 0 saturated heterocycles. The molecule has 0 heterocycles. The van der Waals surface area contributed by atoms with Crippen molar-refractivity contribution in [3.63, 3.8) is 0 Å². The van der Waals surface area contributed by atoms with Crippen molar-refractivity contribution in [2.45, 2.75) is 0 Å². The maximum absolute atomic E-state index is 4.89. The lowest BCUT2D eigenvalue weighted by atomic mass is 10.8. The predicted octanol–water partition coefficient (Wildman–Crippen LogP) is -0.0968. The summed E-state index contributed by atoms with van der Waals surface area (Å²) >= 11 is 3.89. The van der Waals surface area contributed by atoms with Crippen molar-refractivity contribution < 1.29 is 0 Å². The summed E-state index contributed by atoms with van der Waals surface area (Å²) in [5.74, 6) is 0.772. The van der Waals surface area contributed by atoms with Gasteiger partial charge in [-0.3, -0.25) is 4.99 Å². The molecule has 0 aliphatic heterocycles. The van der Waals surface area contributed by atoms with E-state index < -0.39 is 0 Å². The highest BCUT2D eigenvalue weighted by Gasteiger charge is 1.65. The van der Waals surface area contributed by atoms with Crippen LogP contribution in [0.15, 0.2) is 4.99 Å². The Kier molecular flexibility index (Phi) is 4.68. The smallest absolute Gasteiger partial charge is 0.0798 e. The van der Waals surface area contributed by atoms with E-state index in [1.54, 1.807) is 0 Å². The van der Waals surface area contributed by atoms with Crippen LogP contribution in [-0.4, -0.2) is 18.6 Å². The first-order valence-corrected chi connectivity index (χ1v) is 2.36. The van der Waals surface area contributed by atoms with Gasteiger partial charge in [0, 0.05) is 12.3 Å². The highest BCUT2D eigenvalue weighted by Crippen LogP contribution is 1.70. The predicted molar refractivity (Wildman–Crippen MR) is 31.4 cm³/mol. The minimum absolute atomic E-state index is 0.722. The quantitative estimate of drug-likeness (QED) is 0.287. The van der Waals surface area contributed by atoms with Crippen LogP contribution in [0.1, 0.15) is 0 Å². The molecule has 6 heavy (non-hydrogen) atoms. The molecular weight excluding hydrogens is 96.1 g/mol. The van der Waals surface area contributed by atoms with Gasteiger partial charge in [0.1, 0.15) is 0 Å². The second-order valence-corrected chi connectivity index (χ2v) is 1.23. The Bertz CT molecular complexity index is 44.1. The number of hydrogen-bond donors (Lipinski definition) is 2. The number of rotatable bonds is 2. The molecule has 0 fully saturated rings. The van der Waals surface area contributed by atoms with Crippen molar-refractivity contribution in [2.75, 3.05) is 12.3 Å². The molecule has 36 valence electrons. The molecule has 0 bridgehead atoms. The van der Waals surface area contributed by atoms with Gasteiger partial charge in [-0.2, -0.15) is 12.6 Å². The number of hydrogen-bond acceptors (Lipinski definition) is 2. The first-order valence-electron chi connectivity index (χ1n) is 1.72. The van der Waals surface area contributed by atoms with Crippen LogP contribution in [0.5, 0.6) is 0 Å². The molecule has 0 spiro atoms. The van der Waals surface area contributed by atoms with E-state index in [9.17, 15) is 0 Å². The van der Waals surface area contributed by atoms with Crippen LogP contribution in [0.2, 0.25) is 0 Å². The molecule has 0 amide bonds. The van der Waals surface area contributed by atoms with Crippen LogP contribution in [0.3, 0.4) is 0 Å². The maximum Gasteiger partial charge on any atom is 0.0798 e. The highest BCUT2D eigenvalue weighted by molar-refractivity contribution is 7.80. The largest absolute Gasteiger partial charge is 0.390 e. The van der Waals surface area contributed by atoms with Crippen molar-refractivity contribution in [2.24, 2.45) is 10.7 Å². The van der Waals surface area contributed by atoms with Gasteiger partial charge in [-0.1, -0.05) is 0 Å². The van der Waals surface area contributed by atoms with Gasteiger partial charge < -0.3 is 5.73 Å². The molecule has 0 aromatic heterocycles. The summed E-state index contributed by atoms with van der Waals surface area (Å²) < 4.78 is 0. The van der Waals surface area contributed by atoms with Crippen molar-refractivity contribution in [1.29, 1.82) is 0 Å². The molecule has 0 rings (SSSR count). The van der Waals surface area contributed by atoms with E-state index in [1.165, 1.54) is 6.34 Å². The molecule has 0 unspecified atom stereocenters. The monoisotopic (exact) mass is 104 g/mol. The molecule has 2 nitrogen and oxygen atoms in total. The summed E-state index contributed by atoms with van der Waals surface area (Å²) in [5, 5.41) is 0. The van der Waals surface area contributed by atoms with Gasteiger partial charge in [0.05, 0.1) is 6.34 Å². The van der Waals surface area contributed by atoms with Crippen molar-refractivity contribution in [3.05, 3.63) is 0 Å². The zero-order valence-corrected chi connectivity index (χ0v) is 4.36. The fraction of sp³-hybridized carbons (Fsp3) is 0.667. The molecule has 0 saturated carbocycles. The lowest BCUT2D eigenvalue weighted by Gasteiger charge is -1.77. The standard InChI is InChI=1S/C3H8N2S/c4-3-5-1-2-6/h3,6H,1-2H2,(H2,4,5). The lowest BCUT2D eigenvalue weighted by molar-refractivity contribution is 1.16. The van der Waals surface area contributed by atoms with E-state index in [4.69, 9.17) is 5.73 Å². The van der Waals surface area contributed by atoms with Gasteiger partial charge in [-0.15, -0.1) is 0 Å². The van der Waals surface area contributed by atoms with E-state index in [2.05, 4.69) is 17.6 Å². The Balaban J connectivity index is 2.66. The minimum atomic E-state index is 0.722. The fourth-order valence-electron chi connectivity index (χ4n) is 0.132. The van der Waals surface area contributed by atoms with Gasteiger partial charge in [0.15, 0.2) is 0 Å². The molecule has 0 aromatic rings. The summed E-state index contributed by atoms with van der Waals surface area (Å²) in [6.07, 6.45) is 1.29. The van der Waals surface area contributed by atoms with Gasteiger partial charge in [-0.25, -0.2) is 0 Å². The third kappa shape index (κ3) is 3.82. The average Bonchev–Trinajstić information content (AvgIpc) is 1.61. The SMILES string of the molecule is NC=NCCS. The van der Waals surface area contributed by atoms with Gasteiger partial charge in [0.2, 0.25) is 0 Å². The van der Waals surface area contributed by atoms with Gasteiger partial charge in [-0.05, 0) is 0 Å². The summed E-state index contributed by atoms with van der Waals surface area (Å²) in [5.41, 5.74) is 4.89. The van der Waals surface area contributed by atoms with Crippen molar-refractivity contribution in [1.82, 2.24) is 0 Å². The van der Waals surface area contributed by atoms with E-state index >= 15 is 0 Å². The fourth-order valence-corrected chi connectivity index (χ4v) is 0.248. The van der Waals surface area contributed by atoms with Crippen LogP contribution in [0.4, 0.5) is 0 Å². The van der Waals surface area contributed by atoms with E-state index in [0.29, 0.717) is 0 Å². The Hall–Kier alpha value is -0.180. The molecule has 0 aromatic carbocycles. The Morgan fingerprint density at radius 1 is 1.83 bits per heavy atom. The lowest BCUT2D eigenvalue weighted by Crippen LogP contribution is -1.90. The molecule has 3 heteroatoms. The van der Waals surface area contributed by atoms with E-state index in [-0.39, 0.29) is 0 Å². The topological polar surface area (TPSA) is 38.4 Å². The Morgan fingerprint density at radius 3 is 2.67 bits per heavy atom. The van der Waals surface area contributed by atoms with Crippen LogP contribution >= 0.6 is 12.6 Å². The summed E-state index contributed by atoms with van der Waals surface area (Å²) in [7, 11) is 0. The number of aliphatic imine (C=N–C) groups is 1. The highest BCUT2D eigenvalue weighted by atomic mass is 32.1. The molecule has 0 aliphatic rings. The number of nitrogens with two attached hydrogens (primary N) is 1. The summed E-state index contributed by atoms with van der Waals surface area (Å²) in [6, 6.07) is 0. The van der Waals surface area contributed by atoms with Crippen LogP contribution in [0, 0.1) is 0 Å². The Labute approximate surface area is 42.9 Å². The maximum atomic E-state index is 4.89. The molecule has 0 radical (unpaired) electrons. The van der Waals surface area contributed by atoms with Crippen LogP contribution < -0.4 is 5.73 Å². The summed E-state index contributed by atoms with van der Waals surface area (Å²) in [6.45, 7) is 0.722. The zero-order valence-electron chi connectivity index (χ0n) is 3.46. The Morgan fingerprint density at radius 2 is 2.50 bits per heavy atom. The first kappa shape index (κ1) is 5.82. The third-order valence-electron chi connectivity index (χ3n) is 0.335.